The monoisotopic (exact) mass is 477 g/mol. The number of hydrogen-bond donors (Lipinski definition) is 0. The molecule has 0 heterocycles. The fraction of sp³-hybridized carbons (Fsp3) is 0.353. The molecule has 36 heavy (non-hydrogen) atoms. The Morgan fingerprint density at radius 3 is 1.92 bits per heavy atom. The number of para-hydroxylation sites is 1. The molecule has 2 nitrogen and oxygen atoms in total. The van der Waals surface area contributed by atoms with Crippen LogP contribution in [0.4, 0.5) is 5.69 Å². The van der Waals surface area contributed by atoms with E-state index in [4.69, 9.17) is 4.74 Å². The number of unbranched alkanes of at least 4 members (excludes halogenated alkanes) is 7. The van der Waals surface area contributed by atoms with Crippen LogP contribution in [-0.2, 0) is 11.3 Å². The zero-order chi connectivity index (χ0) is 24.6. The average Bonchev–Trinajstić information content (AvgIpc) is 2.93. The minimum atomic E-state index is 0.700. The van der Waals surface area contributed by atoms with Crippen LogP contribution in [0.3, 0.4) is 0 Å². The lowest BCUT2D eigenvalue weighted by atomic mass is 9.92. The van der Waals surface area contributed by atoms with Crippen LogP contribution in [-0.4, -0.2) is 20.2 Å². The minimum Gasteiger partial charge on any atom is -0.377 e. The van der Waals surface area contributed by atoms with Gasteiger partial charge in [-0.25, -0.2) is 0 Å². The van der Waals surface area contributed by atoms with Crippen molar-refractivity contribution in [1.82, 2.24) is 0 Å². The summed E-state index contributed by atoms with van der Waals surface area (Å²) >= 11 is 0. The summed E-state index contributed by atoms with van der Waals surface area (Å²) in [5.74, 6) is 0. The highest BCUT2D eigenvalue weighted by Crippen LogP contribution is 2.36. The molecule has 2 heteroatoms. The van der Waals surface area contributed by atoms with Crippen molar-refractivity contribution in [3.63, 3.8) is 0 Å². The molecule has 0 aliphatic carbocycles. The van der Waals surface area contributed by atoms with E-state index in [0.29, 0.717) is 6.61 Å². The summed E-state index contributed by atoms with van der Waals surface area (Å²) in [4.78, 5) is 2.36. The van der Waals surface area contributed by atoms with Gasteiger partial charge in [-0.1, -0.05) is 111 Å². The Labute approximate surface area is 216 Å². The first-order valence-electron chi connectivity index (χ1n) is 13.8. The van der Waals surface area contributed by atoms with Crippen LogP contribution in [0.5, 0.6) is 0 Å². The molecule has 5 aromatic carbocycles. The van der Waals surface area contributed by atoms with E-state index in [1.54, 1.807) is 0 Å². The summed E-state index contributed by atoms with van der Waals surface area (Å²) in [6, 6.07) is 30.8. The maximum absolute atomic E-state index is 6.12. The normalized spacial score (nSPS) is 11.7. The van der Waals surface area contributed by atoms with Gasteiger partial charge in [0, 0.05) is 25.9 Å². The van der Waals surface area contributed by atoms with Gasteiger partial charge in [0.05, 0.1) is 6.61 Å². The Balaban J connectivity index is 0.971. The highest BCUT2D eigenvalue weighted by Gasteiger charge is 2.10. The standard InChI is InChI=1S/C34H39NO/c1-35(31-16-9-8-10-17-31)24-11-6-4-2-3-5-7-12-25-36-26-30-21-20-29-19-18-27-14-13-15-28-22-23-32(30)34(29)33(27)28/h8-10,13-23H,2-7,11-12,24-26H2,1H3. The molecule has 5 aromatic rings. The molecule has 5 rings (SSSR count). The molecule has 0 saturated carbocycles. The summed E-state index contributed by atoms with van der Waals surface area (Å²) in [6.07, 6.45) is 10.4. The maximum Gasteiger partial charge on any atom is 0.0722 e. The highest BCUT2D eigenvalue weighted by atomic mass is 16.5. The van der Waals surface area contributed by atoms with Gasteiger partial charge >= 0.3 is 0 Å². The van der Waals surface area contributed by atoms with Gasteiger partial charge in [0.15, 0.2) is 0 Å². The molecule has 186 valence electrons. The van der Waals surface area contributed by atoms with Gasteiger partial charge in [0.1, 0.15) is 0 Å². The minimum absolute atomic E-state index is 0.700. The highest BCUT2D eigenvalue weighted by molar-refractivity contribution is 6.23. The van der Waals surface area contributed by atoms with E-state index in [1.165, 1.54) is 88.5 Å². The summed E-state index contributed by atoms with van der Waals surface area (Å²) in [5, 5.41) is 8.08. The third kappa shape index (κ3) is 5.82. The van der Waals surface area contributed by atoms with Crippen molar-refractivity contribution in [1.29, 1.82) is 0 Å². The number of benzene rings is 5. The van der Waals surface area contributed by atoms with Crippen LogP contribution in [0, 0.1) is 0 Å². The van der Waals surface area contributed by atoms with Crippen LogP contribution in [0.2, 0.25) is 0 Å². The van der Waals surface area contributed by atoms with Crippen LogP contribution < -0.4 is 4.90 Å². The third-order valence-electron chi connectivity index (χ3n) is 7.61. The number of rotatable bonds is 14. The predicted molar refractivity (Wildman–Crippen MR) is 156 cm³/mol. The first-order valence-corrected chi connectivity index (χ1v) is 13.8. The van der Waals surface area contributed by atoms with Gasteiger partial charge in [-0.2, -0.15) is 0 Å². The second-order valence-corrected chi connectivity index (χ2v) is 10.2. The van der Waals surface area contributed by atoms with Crippen molar-refractivity contribution >= 4 is 38.0 Å². The fourth-order valence-corrected chi connectivity index (χ4v) is 5.53. The fourth-order valence-electron chi connectivity index (χ4n) is 5.53. The molecule has 0 saturated heterocycles. The first-order chi connectivity index (χ1) is 17.8. The van der Waals surface area contributed by atoms with E-state index >= 15 is 0 Å². The lowest BCUT2D eigenvalue weighted by molar-refractivity contribution is 0.117. The number of hydrogen-bond acceptors (Lipinski definition) is 2. The van der Waals surface area contributed by atoms with E-state index in [0.717, 1.165) is 19.6 Å². The van der Waals surface area contributed by atoms with Crippen LogP contribution in [0.25, 0.3) is 32.3 Å². The predicted octanol–water partition coefficient (Wildman–Crippen LogP) is 9.36. The van der Waals surface area contributed by atoms with E-state index in [-0.39, 0.29) is 0 Å². The van der Waals surface area contributed by atoms with E-state index in [1.807, 2.05) is 0 Å². The van der Waals surface area contributed by atoms with Gasteiger partial charge in [-0.3, -0.25) is 0 Å². The molecular formula is C34H39NO. The molecule has 0 amide bonds. The van der Waals surface area contributed by atoms with Crippen molar-refractivity contribution < 1.29 is 4.74 Å². The second-order valence-electron chi connectivity index (χ2n) is 10.2. The van der Waals surface area contributed by atoms with Crippen LogP contribution in [0.1, 0.15) is 56.9 Å². The molecule has 0 fully saturated rings. The molecule has 0 aromatic heterocycles. The van der Waals surface area contributed by atoms with Gasteiger partial charge < -0.3 is 9.64 Å². The number of nitrogens with zero attached hydrogens (tertiary/aromatic N) is 1. The quantitative estimate of drug-likeness (QED) is 0.117. The van der Waals surface area contributed by atoms with Crippen molar-refractivity contribution in [2.45, 2.75) is 58.0 Å². The first kappa shape index (κ1) is 24.6. The Bertz CT molecular complexity index is 1340. The van der Waals surface area contributed by atoms with E-state index in [9.17, 15) is 0 Å². The van der Waals surface area contributed by atoms with Crippen molar-refractivity contribution in [2.75, 3.05) is 25.1 Å². The summed E-state index contributed by atoms with van der Waals surface area (Å²) < 4.78 is 6.12. The summed E-state index contributed by atoms with van der Waals surface area (Å²) in [5.41, 5.74) is 2.62. The topological polar surface area (TPSA) is 12.5 Å². The lowest BCUT2D eigenvalue weighted by Crippen LogP contribution is -2.18. The largest absolute Gasteiger partial charge is 0.377 e. The van der Waals surface area contributed by atoms with Crippen LogP contribution in [0.15, 0.2) is 84.9 Å². The van der Waals surface area contributed by atoms with Crippen molar-refractivity contribution in [2.24, 2.45) is 0 Å². The molecular weight excluding hydrogens is 438 g/mol. The molecule has 0 aliphatic heterocycles. The third-order valence-corrected chi connectivity index (χ3v) is 7.61. The zero-order valence-corrected chi connectivity index (χ0v) is 21.7. The van der Waals surface area contributed by atoms with Gasteiger partial charge in [-0.05, 0) is 62.9 Å². The number of ether oxygens (including phenoxy) is 1. The van der Waals surface area contributed by atoms with E-state index in [2.05, 4.69) is 96.9 Å². The molecule has 0 unspecified atom stereocenters. The Morgan fingerprint density at radius 2 is 1.17 bits per heavy atom. The Hall–Kier alpha value is -3.10. The van der Waals surface area contributed by atoms with E-state index < -0.39 is 0 Å². The molecule has 0 N–H and O–H groups in total. The smallest absolute Gasteiger partial charge is 0.0722 e. The Morgan fingerprint density at radius 1 is 0.556 bits per heavy atom. The molecule has 0 radical (unpaired) electrons. The molecule has 0 aliphatic rings. The lowest BCUT2D eigenvalue weighted by Gasteiger charge is -2.18. The second kappa shape index (κ2) is 12.2. The average molecular weight is 478 g/mol. The SMILES string of the molecule is CN(CCCCCCCCCCOCc1ccc2ccc3cccc4ccc1c2c34)c1ccccc1. The zero-order valence-electron chi connectivity index (χ0n) is 21.7. The summed E-state index contributed by atoms with van der Waals surface area (Å²) in [7, 11) is 2.20. The molecule has 0 atom stereocenters. The van der Waals surface area contributed by atoms with Gasteiger partial charge in [0.2, 0.25) is 0 Å². The van der Waals surface area contributed by atoms with Crippen molar-refractivity contribution in [3.05, 3.63) is 90.5 Å². The Kier molecular flexibility index (Phi) is 8.35. The van der Waals surface area contributed by atoms with Crippen LogP contribution >= 0.6 is 0 Å². The van der Waals surface area contributed by atoms with Gasteiger partial charge in [0.25, 0.3) is 0 Å². The van der Waals surface area contributed by atoms with Crippen molar-refractivity contribution in [3.8, 4) is 0 Å². The molecule has 0 bridgehead atoms. The maximum atomic E-state index is 6.12. The molecule has 0 spiro atoms. The summed E-state index contributed by atoms with van der Waals surface area (Å²) in [6.45, 7) is 2.70. The number of anilines is 1. The van der Waals surface area contributed by atoms with Gasteiger partial charge in [-0.15, -0.1) is 0 Å².